The number of hydrogen-bond donors (Lipinski definition) is 1. The van der Waals surface area contributed by atoms with Crippen molar-refractivity contribution in [3.05, 3.63) is 42.2 Å². The molecule has 0 bridgehead atoms. The van der Waals surface area contributed by atoms with Crippen molar-refractivity contribution in [2.45, 2.75) is 4.90 Å². The van der Waals surface area contributed by atoms with Crippen LogP contribution in [0.2, 0.25) is 0 Å². The van der Waals surface area contributed by atoms with Crippen LogP contribution in [0.25, 0.3) is 5.69 Å². The second kappa shape index (κ2) is 5.06. The Balaban J connectivity index is 2.35. The summed E-state index contributed by atoms with van der Waals surface area (Å²) in [5, 5.41) is 12.7. The van der Waals surface area contributed by atoms with Gasteiger partial charge in [-0.3, -0.25) is 0 Å². The molecule has 0 saturated carbocycles. The van der Waals surface area contributed by atoms with Gasteiger partial charge < -0.3 is 5.11 Å². The molecule has 1 aromatic heterocycles. The summed E-state index contributed by atoms with van der Waals surface area (Å²) in [6.45, 7) is 0. The first-order chi connectivity index (χ1) is 9.32. The molecule has 7 nitrogen and oxygen atoms in total. The Morgan fingerprint density at radius 1 is 1.20 bits per heavy atom. The number of benzene rings is 1. The van der Waals surface area contributed by atoms with E-state index in [1.165, 1.54) is 43.2 Å². The van der Waals surface area contributed by atoms with Gasteiger partial charge in [-0.05, 0) is 30.3 Å². The van der Waals surface area contributed by atoms with Crippen LogP contribution in [0.3, 0.4) is 0 Å². The van der Waals surface area contributed by atoms with E-state index < -0.39 is 16.0 Å². The highest BCUT2D eigenvalue weighted by atomic mass is 32.2. The summed E-state index contributed by atoms with van der Waals surface area (Å²) >= 11 is 0. The molecule has 0 amide bonds. The summed E-state index contributed by atoms with van der Waals surface area (Å²) < 4.78 is 26.3. The van der Waals surface area contributed by atoms with Crippen LogP contribution >= 0.6 is 0 Å². The first kappa shape index (κ1) is 14.2. The van der Waals surface area contributed by atoms with E-state index in [2.05, 4.69) is 5.10 Å². The Hall–Kier alpha value is -2.19. The predicted octanol–water partition coefficient (Wildman–Crippen LogP) is 0.821. The Kier molecular flexibility index (Phi) is 3.60. The molecule has 2 rings (SSSR count). The molecule has 8 heteroatoms. The van der Waals surface area contributed by atoms with E-state index in [-0.39, 0.29) is 10.6 Å². The number of hydrogen-bond acceptors (Lipinski definition) is 4. The molecular formula is C12H13N3O4S. The van der Waals surface area contributed by atoms with E-state index in [1.807, 2.05) is 0 Å². The molecule has 0 atom stereocenters. The number of nitrogens with zero attached hydrogens (tertiary/aromatic N) is 3. The Bertz CT molecular complexity index is 732. The third kappa shape index (κ3) is 2.56. The molecule has 0 radical (unpaired) electrons. The first-order valence-corrected chi connectivity index (χ1v) is 7.08. The molecular weight excluding hydrogens is 282 g/mol. The zero-order valence-corrected chi connectivity index (χ0v) is 11.7. The molecule has 0 fully saturated rings. The Morgan fingerprint density at radius 2 is 1.80 bits per heavy atom. The summed E-state index contributed by atoms with van der Waals surface area (Å²) in [5.74, 6) is -1.12. The van der Waals surface area contributed by atoms with E-state index in [9.17, 15) is 13.2 Å². The molecule has 2 aromatic rings. The van der Waals surface area contributed by atoms with Crippen molar-refractivity contribution in [1.82, 2.24) is 14.1 Å². The highest BCUT2D eigenvalue weighted by Crippen LogP contribution is 2.16. The molecule has 20 heavy (non-hydrogen) atoms. The van der Waals surface area contributed by atoms with Crippen LogP contribution in [0.15, 0.2) is 41.4 Å². The molecule has 106 valence electrons. The third-order valence-electron chi connectivity index (χ3n) is 2.69. The van der Waals surface area contributed by atoms with Gasteiger partial charge in [0.05, 0.1) is 10.6 Å². The lowest BCUT2D eigenvalue weighted by molar-refractivity contribution is 0.0690. The number of carboxylic acids is 1. The predicted molar refractivity (Wildman–Crippen MR) is 71.4 cm³/mol. The minimum Gasteiger partial charge on any atom is -0.476 e. The van der Waals surface area contributed by atoms with Crippen molar-refractivity contribution < 1.29 is 18.3 Å². The van der Waals surface area contributed by atoms with Gasteiger partial charge >= 0.3 is 5.97 Å². The Morgan fingerprint density at radius 3 is 2.25 bits per heavy atom. The van der Waals surface area contributed by atoms with E-state index in [0.29, 0.717) is 5.69 Å². The molecule has 0 unspecified atom stereocenters. The fraction of sp³-hybridized carbons (Fsp3) is 0.167. The van der Waals surface area contributed by atoms with E-state index in [0.717, 1.165) is 4.31 Å². The van der Waals surface area contributed by atoms with Crippen LogP contribution in [-0.4, -0.2) is 47.7 Å². The average molecular weight is 295 g/mol. The summed E-state index contributed by atoms with van der Waals surface area (Å²) in [6.07, 6.45) is 1.50. The zero-order valence-electron chi connectivity index (χ0n) is 10.9. The molecule has 1 aromatic carbocycles. The van der Waals surface area contributed by atoms with Crippen LogP contribution in [0.1, 0.15) is 10.5 Å². The van der Waals surface area contributed by atoms with Crippen LogP contribution in [0, 0.1) is 0 Å². The maximum atomic E-state index is 11.9. The highest BCUT2D eigenvalue weighted by molar-refractivity contribution is 7.89. The number of rotatable bonds is 4. The van der Waals surface area contributed by atoms with Gasteiger partial charge in [0.2, 0.25) is 10.0 Å². The lowest BCUT2D eigenvalue weighted by Gasteiger charge is -2.11. The maximum Gasteiger partial charge on any atom is 0.356 e. The van der Waals surface area contributed by atoms with Crippen LogP contribution < -0.4 is 0 Å². The Labute approximate surface area is 116 Å². The fourth-order valence-electron chi connectivity index (χ4n) is 1.56. The molecule has 1 heterocycles. The van der Waals surface area contributed by atoms with Crippen molar-refractivity contribution in [2.75, 3.05) is 14.1 Å². The minimum absolute atomic E-state index is 0.0741. The second-order valence-electron chi connectivity index (χ2n) is 4.23. The zero-order chi connectivity index (χ0) is 14.9. The maximum absolute atomic E-state index is 11.9. The van der Waals surface area contributed by atoms with Gasteiger partial charge in [-0.25, -0.2) is 22.2 Å². The van der Waals surface area contributed by atoms with Crippen LogP contribution in [0.4, 0.5) is 0 Å². The highest BCUT2D eigenvalue weighted by Gasteiger charge is 2.17. The molecule has 0 aliphatic carbocycles. The lowest BCUT2D eigenvalue weighted by atomic mass is 10.3. The van der Waals surface area contributed by atoms with Crippen molar-refractivity contribution in [3.63, 3.8) is 0 Å². The molecule has 0 saturated heterocycles. The van der Waals surface area contributed by atoms with E-state index >= 15 is 0 Å². The van der Waals surface area contributed by atoms with Crippen molar-refractivity contribution in [2.24, 2.45) is 0 Å². The normalized spacial score (nSPS) is 11.8. The van der Waals surface area contributed by atoms with E-state index in [4.69, 9.17) is 5.11 Å². The first-order valence-electron chi connectivity index (χ1n) is 5.64. The third-order valence-corrected chi connectivity index (χ3v) is 4.52. The monoisotopic (exact) mass is 295 g/mol. The molecule has 0 spiro atoms. The summed E-state index contributed by atoms with van der Waals surface area (Å²) in [5.41, 5.74) is 0.505. The standard InChI is InChI=1S/C12H13N3O4S/c1-14(2)20(18,19)10-5-3-9(4-6-10)15-8-7-11(13-15)12(16)17/h3-8H,1-2H3,(H,16,17). The van der Waals surface area contributed by atoms with Gasteiger partial charge in [0.1, 0.15) is 0 Å². The fourth-order valence-corrected chi connectivity index (χ4v) is 2.47. The van der Waals surface area contributed by atoms with Gasteiger partial charge in [0.15, 0.2) is 5.69 Å². The number of aromatic carboxylic acids is 1. The molecule has 1 N–H and O–H groups in total. The van der Waals surface area contributed by atoms with Crippen LogP contribution in [0.5, 0.6) is 0 Å². The van der Waals surface area contributed by atoms with Gasteiger partial charge in [0.25, 0.3) is 0 Å². The minimum atomic E-state index is -3.47. The number of carboxylic acid groups (broad SMARTS) is 1. The number of aromatic nitrogens is 2. The average Bonchev–Trinajstić information content (AvgIpc) is 2.88. The van der Waals surface area contributed by atoms with Gasteiger partial charge in [-0.15, -0.1) is 0 Å². The van der Waals surface area contributed by atoms with Gasteiger partial charge in [-0.1, -0.05) is 0 Å². The smallest absolute Gasteiger partial charge is 0.356 e. The second-order valence-corrected chi connectivity index (χ2v) is 6.38. The van der Waals surface area contributed by atoms with Gasteiger partial charge in [-0.2, -0.15) is 5.10 Å². The molecule has 0 aliphatic heterocycles. The van der Waals surface area contributed by atoms with Crippen LogP contribution in [-0.2, 0) is 10.0 Å². The summed E-state index contributed by atoms with van der Waals surface area (Å²) in [4.78, 5) is 10.9. The van der Waals surface area contributed by atoms with Gasteiger partial charge in [0, 0.05) is 20.3 Å². The lowest BCUT2D eigenvalue weighted by Crippen LogP contribution is -2.22. The largest absolute Gasteiger partial charge is 0.476 e. The van der Waals surface area contributed by atoms with E-state index in [1.54, 1.807) is 12.1 Å². The van der Waals surface area contributed by atoms with Crippen molar-refractivity contribution >= 4 is 16.0 Å². The SMILES string of the molecule is CN(C)S(=O)(=O)c1ccc(-n2ccc(C(=O)O)n2)cc1. The number of carbonyl (C=O) groups is 1. The summed E-state index contributed by atoms with van der Waals surface area (Å²) in [7, 11) is -0.566. The quantitative estimate of drug-likeness (QED) is 0.901. The van der Waals surface area contributed by atoms with Crippen molar-refractivity contribution in [3.8, 4) is 5.69 Å². The number of sulfonamides is 1. The summed E-state index contributed by atoms with van der Waals surface area (Å²) in [6, 6.07) is 7.40. The molecule has 0 aliphatic rings. The topological polar surface area (TPSA) is 92.5 Å². The van der Waals surface area contributed by atoms with Crippen molar-refractivity contribution in [1.29, 1.82) is 0 Å².